The van der Waals surface area contributed by atoms with E-state index in [-0.39, 0.29) is 6.03 Å². The van der Waals surface area contributed by atoms with Gasteiger partial charge in [-0.05, 0) is 17.7 Å². The highest BCUT2D eigenvalue weighted by Gasteiger charge is 2.13. The molecule has 2 rings (SSSR count). The summed E-state index contributed by atoms with van der Waals surface area (Å²) in [6, 6.07) is 18.7. The SMILES string of the molecule is CON(Cc1ccccc1)C(=O)Nc1ccccc1. The van der Waals surface area contributed by atoms with Crippen LogP contribution in [0.2, 0.25) is 0 Å². The van der Waals surface area contributed by atoms with Crippen LogP contribution in [0.25, 0.3) is 0 Å². The molecule has 1 N–H and O–H groups in total. The Kier molecular flexibility index (Phi) is 4.53. The van der Waals surface area contributed by atoms with Crippen LogP contribution >= 0.6 is 0 Å². The van der Waals surface area contributed by atoms with E-state index in [0.717, 1.165) is 11.3 Å². The lowest BCUT2D eigenvalue weighted by Crippen LogP contribution is -2.33. The molecule has 2 amide bonds. The lowest BCUT2D eigenvalue weighted by atomic mass is 10.2. The van der Waals surface area contributed by atoms with Gasteiger partial charge in [-0.1, -0.05) is 48.5 Å². The average molecular weight is 256 g/mol. The molecule has 0 saturated carbocycles. The molecule has 0 saturated heterocycles. The molecule has 0 aliphatic rings. The van der Waals surface area contributed by atoms with Crippen molar-refractivity contribution in [3.8, 4) is 0 Å². The average Bonchev–Trinajstić information content (AvgIpc) is 2.47. The highest BCUT2D eigenvalue weighted by atomic mass is 16.7. The topological polar surface area (TPSA) is 41.6 Å². The van der Waals surface area contributed by atoms with Crippen molar-refractivity contribution < 1.29 is 9.63 Å². The molecule has 0 spiro atoms. The molecule has 0 atom stereocenters. The van der Waals surface area contributed by atoms with Gasteiger partial charge in [0.1, 0.15) is 0 Å². The number of hydrogen-bond acceptors (Lipinski definition) is 2. The summed E-state index contributed by atoms with van der Waals surface area (Å²) < 4.78 is 0. The van der Waals surface area contributed by atoms with Crippen LogP contribution in [0.1, 0.15) is 5.56 Å². The maximum absolute atomic E-state index is 12.0. The minimum Gasteiger partial charge on any atom is -0.306 e. The van der Waals surface area contributed by atoms with E-state index >= 15 is 0 Å². The van der Waals surface area contributed by atoms with Crippen molar-refractivity contribution >= 4 is 11.7 Å². The van der Waals surface area contributed by atoms with E-state index in [1.54, 1.807) is 0 Å². The smallest absolute Gasteiger partial charge is 0.306 e. The lowest BCUT2D eigenvalue weighted by molar-refractivity contribution is -0.0886. The molecule has 0 heterocycles. The predicted octanol–water partition coefficient (Wildman–Crippen LogP) is 3.28. The molecule has 0 aliphatic heterocycles. The first-order valence-electron chi connectivity index (χ1n) is 6.01. The van der Waals surface area contributed by atoms with E-state index in [2.05, 4.69) is 5.32 Å². The van der Waals surface area contributed by atoms with E-state index in [4.69, 9.17) is 4.84 Å². The van der Waals surface area contributed by atoms with Gasteiger partial charge in [0.05, 0.1) is 13.7 Å². The van der Waals surface area contributed by atoms with E-state index in [0.29, 0.717) is 6.54 Å². The molecule has 0 bridgehead atoms. The molecule has 2 aromatic rings. The van der Waals surface area contributed by atoms with Crippen molar-refractivity contribution in [3.05, 3.63) is 66.2 Å². The van der Waals surface area contributed by atoms with Gasteiger partial charge in [-0.25, -0.2) is 4.79 Å². The van der Waals surface area contributed by atoms with Crippen LogP contribution in [0.15, 0.2) is 60.7 Å². The summed E-state index contributed by atoms with van der Waals surface area (Å²) in [4.78, 5) is 17.1. The molecule has 4 nitrogen and oxygen atoms in total. The number of nitrogens with one attached hydrogen (secondary N) is 1. The Balaban J connectivity index is 2.00. The molecule has 0 aromatic heterocycles. The van der Waals surface area contributed by atoms with Crippen molar-refractivity contribution in [2.45, 2.75) is 6.54 Å². The van der Waals surface area contributed by atoms with Crippen molar-refractivity contribution in [2.24, 2.45) is 0 Å². The number of urea groups is 1. The Bertz CT molecular complexity index is 514. The fraction of sp³-hybridized carbons (Fsp3) is 0.133. The number of benzene rings is 2. The number of anilines is 1. The third-order valence-corrected chi connectivity index (χ3v) is 2.64. The van der Waals surface area contributed by atoms with Gasteiger partial charge in [-0.3, -0.25) is 4.84 Å². The van der Waals surface area contributed by atoms with Crippen LogP contribution in [0.3, 0.4) is 0 Å². The van der Waals surface area contributed by atoms with Crippen molar-refractivity contribution in [1.82, 2.24) is 5.06 Å². The Morgan fingerprint density at radius 3 is 2.21 bits per heavy atom. The van der Waals surface area contributed by atoms with E-state index in [1.807, 2.05) is 60.7 Å². The van der Waals surface area contributed by atoms with E-state index in [1.165, 1.54) is 12.2 Å². The number of hydrogen-bond donors (Lipinski definition) is 1. The second-order valence-corrected chi connectivity index (χ2v) is 4.00. The maximum Gasteiger partial charge on any atom is 0.346 e. The summed E-state index contributed by atoms with van der Waals surface area (Å²) in [5.74, 6) is 0. The van der Waals surface area contributed by atoms with E-state index < -0.39 is 0 Å². The van der Waals surface area contributed by atoms with Gasteiger partial charge in [-0.2, -0.15) is 5.06 Å². The first-order valence-corrected chi connectivity index (χ1v) is 6.01. The Morgan fingerprint density at radius 1 is 1.05 bits per heavy atom. The quantitative estimate of drug-likeness (QED) is 0.853. The third-order valence-electron chi connectivity index (χ3n) is 2.64. The van der Waals surface area contributed by atoms with Gasteiger partial charge in [0, 0.05) is 5.69 Å². The first kappa shape index (κ1) is 13.1. The minimum atomic E-state index is -0.294. The van der Waals surface area contributed by atoms with Crippen LogP contribution in [0, 0.1) is 0 Å². The third kappa shape index (κ3) is 3.82. The molecule has 98 valence electrons. The number of rotatable bonds is 4. The summed E-state index contributed by atoms with van der Waals surface area (Å²) in [7, 11) is 1.48. The monoisotopic (exact) mass is 256 g/mol. The first-order chi connectivity index (χ1) is 9.29. The number of amides is 2. The van der Waals surface area contributed by atoms with Gasteiger partial charge in [0.15, 0.2) is 0 Å². The number of para-hydroxylation sites is 1. The lowest BCUT2D eigenvalue weighted by Gasteiger charge is -2.20. The zero-order chi connectivity index (χ0) is 13.5. The number of hydroxylamine groups is 2. The molecule has 0 fully saturated rings. The fourth-order valence-electron chi connectivity index (χ4n) is 1.68. The number of nitrogens with zero attached hydrogens (tertiary/aromatic N) is 1. The van der Waals surface area contributed by atoms with Crippen LogP contribution in [0.5, 0.6) is 0 Å². The summed E-state index contributed by atoms with van der Waals surface area (Å²) in [5, 5.41) is 4.06. The summed E-state index contributed by atoms with van der Waals surface area (Å²) in [6.07, 6.45) is 0. The Hall–Kier alpha value is -2.33. The second-order valence-electron chi connectivity index (χ2n) is 4.00. The zero-order valence-electron chi connectivity index (χ0n) is 10.7. The highest BCUT2D eigenvalue weighted by molar-refractivity contribution is 5.88. The molecular formula is C15H16N2O2. The molecular weight excluding hydrogens is 240 g/mol. The zero-order valence-corrected chi connectivity index (χ0v) is 10.7. The highest BCUT2D eigenvalue weighted by Crippen LogP contribution is 2.09. The van der Waals surface area contributed by atoms with Crippen LogP contribution in [0.4, 0.5) is 10.5 Å². The second kappa shape index (κ2) is 6.56. The summed E-state index contributed by atoms with van der Waals surface area (Å²) >= 11 is 0. The van der Waals surface area contributed by atoms with Gasteiger partial charge in [0.25, 0.3) is 0 Å². The van der Waals surface area contributed by atoms with Gasteiger partial charge in [-0.15, -0.1) is 0 Å². The predicted molar refractivity (Wildman–Crippen MR) is 74.5 cm³/mol. The normalized spacial score (nSPS) is 9.95. The van der Waals surface area contributed by atoms with Gasteiger partial charge in [0.2, 0.25) is 0 Å². The standard InChI is InChI=1S/C15H16N2O2/c1-19-17(12-13-8-4-2-5-9-13)15(18)16-14-10-6-3-7-11-14/h2-11H,12H2,1H3,(H,16,18). The van der Waals surface area contributed by atoms with Gasteiger partial charge >= 0.3 is 6.03 Å². The maximum atomic E-state index is 12.0. The summed E-state index contributed by atoms with van der Waals surface area (Å²) in [5.41, 5.74) is 1.75. The molecule has 4 heteroatoms. The Labute approximate surface area is 112 Å². The van der Waals surface area contributed by atoms with Crippen LogP contribution < -0.4 is 5.32 Å². The molecule has 2 aromatic carbocycles. The minimum absolute atomic E-state index is 0.294. The molecule has 0 unspecified atom stereocenters. The van der Waals surface area contributed by atoms with Crippen molar-refractivity contribution in [1.29, 1.82) is 0 Å². The van der Waals surface area contributed by atoms with Crippen molar-refractivity contribution in [2.75, 3.05) is 12.4 Å². The number of carbonyl (C=O) groups excluding carboxylic acids is 1. The van der Waals surface area contributed by atoms with Crippen molar-refractivity contribution in [3.63, 3.8) is 0 Å². The van der Waals surface area contributed by atoms with Gasteiger partial charge < -0.3 is 5.32 Å². The summed E-state index contributed by atoms with van der Waals surface area (Å²) in [6.45, 7) is 0.399. The molecule has 19 heavy (non-hydrogen) atoms. The molecule has 0 aliphatic carbocycles. The van der Waals surface area contributed by atoms with Crippen LogP contribution in [-0.4, -0.2) is 18.2 Å². The number of carbonyl (C=O) groups is 1. The largest absolute Gasteiger partial charge is 0.346 e. The fourth-order valence-corrected chi connectivity index (χ4v) is 1.68. The van der Waals surface area contributed by atoms with Crippen LogP contribution in [-0.2, 0) is 11.4 Å². The molecule has 0 radical (unpaired) electrons. The Morgan fingerprint density at radius 2 is 1.63 bits per heavy atom. The van der Waals surface area contributed by atoms with E-state index in [9.17, 15) is 4.79 Å².